The third-order valence-corrected chi connectivity index (χ3v) is 4.17. The molecule has 17 heavy (non-hydrogen) atoms. The van der Waals surface area contributed by atoms with E-state index in [1.54, 1.807) is 12.1 Å². The summed E-state index contributed by atoms with van der Waals surface area (Å²) in [5.74, 6) is 0.704. The molecule has 0 heterocycles. The first kappa shape index (κ1) is 10.8. The Balaban J connectivity index is 1.70. The molecular weight excluding hydrogens is 217 g/mol. The second kappa shape index (κ2) is 4.13. The molecule has 1 aromatic rings. The lowest BCUT2D eigenvalue weighted by Gasteiger charge is -2.22. The summed E-state index contributed by atoms with van der Waals surface area (Å²) in [7, 11) is 0. The van der Waals surface area contributed by atoms with E-state index in [1.165, 1.54) is 31.4 Å². The molecule has 2 nitrogen and oxygen atoms in total. The van der Waals surface area contributed by atoms with Crippen LogP contribution >= 0.6 is 0 Å². The van der Waals surface area contributed by atoms with Crippen LogP contribution in [0.15, 0.2) is 24.3 Å². The van der Waals surface area contributed by atoms with Crippen molar-refractivity contribution in [3.8, 4) is 0 Å². The van der Waals surface area contributed by atoms with Crippen LogP contribution in [0.2, 0.25) is 0 Å². The zero-order valence-corrected chi connectivity index (χ0v) is 9.66. The predicted molar refractivity (Wildman–Crippen MR) is 63.1 cm³/mol. The van der Waals surface area contributed by atoms with Gasteiger partial charge in [-0.1, -0.05) is 18.6 Å². The van der Waals surface area contributed by atoms with Crippen LogP contribution in [0, 0.1) is 17.7 Å². The van der Waals surface area contributed by atoms with Crippen molar-refractivity contribution in [1.29, 1.82) is 0 Å². The van der Waals surface area contributed by atoms with Gasteiger partial charge in [-0.15, -0.1) is 0 Å². The van der Waals surface area contributed by atoms with Crippen molar-refractivity contribution in [2.75, 3.05) is 0 Å². The Morgan fingerprint density at radius 3 is 2.71 bits per heavy atom. The lowest BCUT2D eigenvalue weighted by molar-refractivity contribution is 0.0919. The molecule has 0 aliphatic heterocycles. The molecule has 2 bridgehead atoms. The Bertz CT molecular complexity index is 446. The van der Waals surface area contributed by atoms with Crippen LogP contribution in [0.25, 0.3) is 0 Å². The van der Waals surface area contributed by atoms with Crippen molar-refractivity contribution < 1.29 is 9.18 Å². The lowest BCUT2D eigenvalue weighted by atomic mass is 9.95. The summed E-state index contributed by atoms with van der Waals surface area (Å²) < 4.78 is 13.4. The van der Waals surface area contributed by atoms with E-state index >= 15 is 0 Å². The van der Waals surface area contributed by atoms with E-state index in [2.05, 4.69) is 5.32 Å². The maximum atomic E-state index is 13.4. The molecule has 3 heteroatoms. The molecule has 1 aromatic carbocycles. The van der Waals surface area contributed by atoms with Crippen molar-refractivity contribution in [1.82, 2.24) is 5.32 Å². The number of benzene rings is 1. The fourth-order valence-electron chi connectivity index (χ4n) is 3.31. The van der Waals surface area contributed by atoms with Gasteiger partial charge < -0.3 is 5.32 Å². The van der Waals surface area contributed by atoms with Crippen LogP contribution in [0.3, 0.4) is 0 Å². The third kappa shape index (κ3) is 1.94. The number of carbonyl (C=O) groups is 1. The maximum Gasteiger partial charge on any atom is 0.254 e. The average molecular weight is 233 g/mol. The summed E-state index contributed by atoms with van der Waals surface area (Å²) >= 11 is 0. The highest BCUT2D eigenvalue weighted by Gasteiger charge is 2.40. The van der Waals surface area contributed by atoms with Gasteiger partial charge in [-0.3, -0.25) is 4.79 Å². The van der Waals surface area contributed by atoms with Crippen molar-refractivity contribution in [3.63, 3.8) is 0 Å². The van der Waals surface area contributed by atoms with Gasteiger partial charge in [0, 0.05) is 6.04 Å². The largest absolute Gasteiger partial charge is 0.349 e. The third-order valence-electron chi connectivity index (χ3n) is 4.17. The van der Waals surface area contributed by atoms with Crippen LogP contribution in [0.5, 0.6) is 0 Å². The van der Waals surface area contributed by atoms with Crippen LogP contribution < -0.4 is 5.32 Å². The van der Waals surface area contributed by atoms with Gasteiger partial charge in [0.25, 0.3) is 5.91 Å². The normalized spacial score (nSPS) is 30.5. The minimum absolute atomic E-state index is 0.162. The van der Waals surface area contributed by atoms with E-state index in [0.29, 0.717) is 5.92 Å². The quantitative estimate of drug-likeness (QED) is 0.836. The van der Waals surface area contributed by atoms with Crippen molar-refractivity contribution in [2.45, 2.75) is 31.7 Å². The first-order valence-electron chi connectivity index (χ1n) is 6.29. The Kier molecular flexibility index (Phi) is 2.61. The molecule has 3 atom stereocenters. The van der Waals surface area contributed by atoms with E-state index in [1.807, 2.05) is 0 Å². The van der Waals surface area contributed by atoms with E-state index in [9.17, 15) is 9.18 Å². The number of amides is 1. The molecule has 2 aliphatic rings. The van der Waals surface area contributed by atoms with E-state index < -0.39 is 5.82 Å². The first-order chi connectivity index (χ1) is 8.24. The van der Waals surface area contributed by atoms with Crippen LogP contribution in [0.4, 0.5) is 4.39 Å². The van der Waals surface area contributed by atoms with Gasteiger partial charge in [-0.2, -0.15) is 0 Å². The zero-order valence-electron chi connectivity index (χ0n) is 9.66. The number of carbonyl (C=O) groups excluding carboxylic acids is 1. The zero-order chi connectivity index (χ0) is 11.8. The molecule has 90 valence electrons. The van der Waals surface area contributed by atoms with Gasteiger partial charge in [0.1, 0.15) is 5.82 Å². The van der Waals surface area contributed by atoms with Gasteiger partial charge in [-0.05, 0) is 43.2 Å². The van der Waals surface area contributed by atoms with Gasteiger partial charge >= 0.3 is 0 Å². The molecule has 0 saturated heterocycles. The van der Waals surface area contributed by atoms with Gasteiger partial charge in [0.15, 0.2) is 0 Å². The molecule has 2 aliphatic carbocycles. The van der Waals surface area contributed by atoms with Crippen molar-refractivity contribution in [2.24, 2.45) is 11.8 Å². The van der Waals surface area contributed by atoms with Crippen molar-refractivity contribution in [3.05, 3.63) is 35.6 Å². The highest BCUT2D eigenvalue weighted by atomic mass is 19.1. The number of hydrogen-bond donors (Lipinski definition) is 1. The fourth-order valence-corrected chi connectivity index (χ4v) is 3.31. The topological polar surface area (TPSA) is 29.1 Å². The number of rotatable bonds is 2. The van der Waals surface area contributed by atoms with Gasteiger partial charge in [0.2, 0.25) is 0 Å². The van der Waals surface area contributed by atoms with Gasteiger partial charge in [0.05, 0.1) is 5.56 Å². The molecule has 0 unspecified atom stereocenters. The van der Waals surface area contributed by atoms with Crippen LogP contribution in [-0.4, -0.2) is 11.9 Å². The summed E-state index contributed by atoms with van der Waals surface area (Å²) in [6, 6.07) is 6.43. The number of nitrogens with one attached hydrogen (secondary N) is 1. The molecule has 0 spiro atoms. The maximum absolute atomic E-state index is 13.4. The molecule has 0 radical (unpaired) electrons. The molecule has 0 aromatic heterocycles. The second-order valence-corrected chi connectivity index (χ2v) is 5.23. The SMILES string of the molecule is O=C(N[C@H]1C[C@H]2CC[C@@H]1C2)c1ccccc1F. The number of hydrogen-bond acceptors (Lipinski definition) is 1. The summed E-state index contributed by atoms with van der Waals surface area (Å²) in [6.07, 6.45) is 4.83. The molecule has 1 amide bonds. The molecule has 1 N–H and O–H groups in total. The minimum atomic E-state index is -0.437. The minimum Gasteiger partial charge on any atom is -0.349 e. The van der Waals surface area contributed by atoms with E-state index in [4.69, 9.17) is 0 Å². The van der Waals surface area contributed by atoms with Gasteiger partial charge in [-0.25, -0.2) is 4.39 Å². The molecule has 2 saturated carbocycles. The van der Waals surface area contributed by atoms with Crippen molar-refractivity contribution >= 4 is 5.91 Å². The average Bonchev–Trinajstić information content (AvgIpc) is 2.91. The molecule has 2 fully saturated rings. The fraction of sp³-hybridized carbons (Fsp3) is 0.500. The molecular formula is C14H16FNO. The number of halogens is 1. The Hall–Kier alpha value is -1.38. The Morgan fingerprint density at radius 2 is 2.06 bits per heavy atom. The van der Waals surface area contributed by atoms with E-state index in [-0.39, 0.29) is 17.5 Å². The summed E-state index contributed by atoms with van der Waals surface area (Å²) in [5, 5.41) is 2.99. The highest BCUT2D eigenvalue weighted by molar-refractivity contribution is 5.94. The summed E-state index contributed by atoms with van der Waals surface area (Å²) in [5.41, 5.74) is 0.162. The lowest BCUT2D eigenvalue weighted by Crippen LogP contribution is -2.38. The van der Waals surface area contributed by atoms with Crippen LogP contribution in [-0.2, 0) is 0 Å². The predicted octanol–water partition coefficient (Wildman–Crippen LogP) is 2.74. The smallest absolute Gasteiger partial charge is 0.254 e. The first-order valence-corrected chi connectivity index (χ1v) is 6.29. The molecule has 3 rings (SSSR count). The number of fused-ring (bicyclic) bond motifs is 2. The monoisotopic (exact) mass is 233 g/mol. The van der Waals surface area contributed by atoms with Crippen LogP contribution in [0.1, 0.15) is 36.0 Å². The Morgan fingerprint density at radius 1 is 1.24 bits per heavy atom. The second-order valence-electron chi connectivity index (χ2n) is 5.23. The van der Waals surface area contributed by atoms with E-state index in [0.717, 1.165) is 12.3 Å². The highest BCUT2D eigenvalue weighted by Crippen LogP contribution is 2.44. The standard InChI is InChI=1S/C14H16FNO/c15-12-4-2-1-3-11(12)14(17)16-13-8-9-5-6-10(13)7-9/h1-4,9-10,13H,5-8H2,(H,16,17)/t9-,10+,13-/m0/s1. The summed E-state index contributed by atoms with van der Waals surface area (Å²) in [6.45, 7) is 0. The summed E-state index contributed by atoms with van der Waals surface area (Å²) in [4.78, 5) is 11.9. The Labute approximate surface area is 100 Å².